The third kappa shape index (κ3) is 4.47. The van der Waals surface area contributed by atoms with Crippen molar-refractivity contribution in [2.24, 2.45) is 23.7 Å². The van der Waals surface area contributed by atoms with Gasteiger partial charge < -0.3 is 4.74 Å². The predicted octanol–water partition coefficient (Wildman–Crippen LogP) is 5.97. The Morgan fingerprint density at radius 1 is 0.476 bits per heavy atom. The van der Waals surface area contributed by atoms with Crippen molar-refractivity contribution in [1.29, 1.82) is 0 Å². The molecule has 0 radical (unpaired) electrons. The minimum absolute atomic E-state index is 0.596. The number of hydrogen-bond acceptors (Lipinski definition) is 1. The van der Waals surface area contributed by atoms with E-state index < -0.39 is 0 Å². The van der Waals surface area contributed by atoms with Crippen LogP contribution >= 0.6 is 0 Å². The third-order valence-electron chi connectivity index (χ3n) is 6.79. The maximum atomic E-state index is 6.43. The van der Waals surface area contributed by atoms with Gasteiger partial charge in [-0.15, -0.1) is 0 Å². The van der Waals surface area contributed by atoms with Crippen molar-refractivity contribution in [3.63, 3.8) is 0 Å². The molecule has 0 aromatic heterocycles. The van der Waals surface area contributed by atoms with E-state index in [4.69, 9.17) is 4.74 Å². The van der Waals surface area contributed by atoms with Gasteiger partial charge in [-0.25, -0.2) is 0 Å². The third-order valence-corrected chi connectivity index (χ3v) is 6.79. The van der Waals surface area contributed by atoms with Gasteiger partial charge in [-0.2, -0.15) is 0 Å². The minimum Gasteiger partial charge on any atom is -0.375 e. The number of rotatable bonds is 3. The van der Waals surface area contributed by atoms with Crippen molar-refractivity contribution in [1.82, 2.24) is 0 Å². The second-order valence-corrected chi connectivity index (χ2v) is 8.57. The zero-order valence-corrected chi connectivity index (χ0v) is 14.4. The maximum Gasteiger partial charge on any atom is 0.0579 e. The Bertz CT molecular complexity index is 289. The molecule has 0 bridgehead atoms. The summed E-state index contributed by atoms with van der Waals surface area (Å²) in [7, 11) is 0. The molecule has 0 aliphatic heterocycles. The first kappa shape index (κ1) is 15.8. The van der Waals surface area contributed by atoms with E-state index in [1.807, 2.05) is 0 Å². The topological polar surface area (TPSA) is 9.23 Å². The van der Waals surface area contributed by atoms with Gasteiger partial charge in [0, 0.05) is 0 Å². The molecule has 3 fully saturated rings. The molecule has 0 aromatic rings. The van der Waals surface area contributed by atoms with Gasteiger partial charge in [0.1, 0.15) is 0 Å². The lowest BCUT2D eigenvalue weighted by atomic mass is 9.71. The quantitative estimate of drug-likeness (QED) is 0.623. The van der Waals surface area contributed by atoms with Gasteiger partial charge in [0.05, 0.1) is 12.2 Å². The van der Waals surface area contributed by atoms with Crippen LogP contribution in [-0.4, -0.2) is 12.2 Å². The van der Waals surface area contributed by atoms with E-state index in [1.54, 1.807) is 0 Å². The van der Waals surface area contributed by atoms with Crippen LogP contribution in [0.4, 0.5) is 0 Å². The van der Waals surface area contributed by atoms with E-state index in [1.165, 1.54) is 77.0 Å². The molecule has 3 rings (SSSR count). The molecule has 0 atom stereocenters. The molecule has 0 amide bonds. The minimum atomic E-state index is 0.596. The van der Waals surface area contributed by atoms with Crippen LogP contribution in [0.15, 0.2) is 0 Å². The zero-order valence-electron chi connectivity index (χ0n) is 14.4. The van der Waals surface area contributed by atoms with E-state index in [0.29, 0.717) is 12.2 Å². The van der Waals surface area contributed by atoms with E-state index in [9.17, 15) is 0 Å². The summed E-state index contributed by atoms with van der Waals surface area (Å²) in [4.78, 5) is 0. The van der Waals surface area contributed by atoms with E-state index in [-0.39, 0.29) is 0 Å². The Morgan fingerprint density at radius 2 is 0.810 bits per heavy atom. The average Bonchev–Trinajstić information content (AvgIpc) is 2.51. The van der Waals surface area contributed by atoms with Gasteiger partial charge in [0.25, 0.3) is 0 Å². The summed E-state index contributed by atoms with van der Waals surface area (Å²) in [6.45, 7) is 4.83. The monoisotopic (exact) mass is 292 g/mol. The first-order valence-corrected chi connectivity index (χ1v) is 9.86. The van der Waals surface area contributed by atoms with Crippen molar-refractivity contribution in [2.75, 3.05) is 0 Å². The maximum absolute atomic E-state index is 6.43. The lowest BCUT2D eigenvalue weighted by molar-refractivity contribution is -0.0598. The highest BCUT2D eigenvalue weighted by Gasteiger charge is 2.31. The fourth-order valence-electron chi connectivity index (χ4n) is 5.09. The Morgan fingerprint density at radius 3 is 1.29 bits per heavy atom. The van der Waals surface area contributed by atoms with Crippen LogP contribution in [0.25, 0.3) is 0 Å². The predicted molar refractivity (Wildman–Crippen MR) is 89.4 cm³/mol. The smallest absolute Gasteiger partial charge is 0.0579 e. The van der Waals surface area contributed by atoms with Crippen LogP contribution in [-0.2, 0) is 4.74 Å². The van der Waals surface area contributed by atoms with Gasteiger partial charge in [0.2, 0.25) is 0 Å². The van der Waals surface area contributed by atoms with Gasteiger partial charge in [-0.1, -0.05) is 26.7 Å². The van der Waals surface area contributed by atoms with E-state index in [2.05, 4.69) is 13.8 Å². The molecular weight excluding hydrogens is 256 g/mol. The highest BCUT2D eigenvalue weighted by atomic mass is 16.5. The molecule has 3 aliphatic carbocycles. The summed E-state index contributed by atoms with van der Waals surface area (Å²) in [6, 6.07) is 0. The van der Waals surface area contributed by atoms with Crippen LogP contribution in [0.2, 0.25) is 0 Å². The summed E-state index contributed by atoms with van der Waals surface area (Å²) in [6.07, 6.45) is 18.2. The Hall–Kier alpha value is -0.0400. The highest BCUT2D eigenvalue weighted by Crippen LogP contribution is 2.41. The first-order chi connectivity index (χ1) is 10.2. The summed E-state index contributed by atoms with van der Waals surface area (Å²) < 4.78 is 6.43. The molecule has 0 spiro atoms. The molecule has 21 heavy (non-hydrogen) atoms. The van der Waals surface area contributed by atoms with Crippen molar-refractivity contribution >= 4 is 0 Å². The number of ether oxygens (including phenoxy) is 1. The zero-order chi connectivity index (χ0) is 14.7. The molecule has 1 heteroatoms. The SMILES string of the molecule is CC1CCC(OC2CCC(C3CCC(C)CC3)CC2)CC1. The van der Waals surface area contributed by atoms with Crippen molar-refractivity contribution in [2.45, 2.75) is 103 Å². The average molecular weight is 293 g/mol. The summed E-state index contributed by atoms with van der Waals surface area (Å²) >= 11 is 0. The largest absolute Gasteiger partial charge is 0.375 e. The van der Waals surface area contributed by atoms with Gasteiger partial charge >= 0.3 is 0 Å². The first-order valence-electron chi connectivity index (χ1n) is 9.86. The molecular formula is C20H36O. The van der Waals surface area contributed by atoms with Crippen LogP contribution in [0, 0.1) is 23.7 Å². The molecule has 0 N–H and O–H groups in total. The van der Waals surface area contributed by atoms with Crippen molar-refractivity contribution < 1.29 is 4.74 Å². The standard InChI is InChI=1S/C20H36O/c1-15-3-7-17(8-4-15)18-9-13-20(14-10-18)21-19-11-5-16(2)6-12-19/h15-20H,3-14H2,1-2H3. The molecule has 0 aromatic carbocycles. The number of hydrogen-bond donors (Lipinski definition) is 0. The fourth-order valence-corrected chi connectivity index (χ4v) is 5.09. The summed E-state index contributed by atoms with van der Waals surface area (Å²) in [5.74, 6) is 4.02. The molecule has 1 nitrogen and oxygen atoms in total. The van der Waals surface area contributed by atoms with Crippen molar-refractivity contribution in [3.05, 3.63) is 0 Å². The lowest BCUT2D eigenvalue weighted by Gasteiger charge is -2.38. The Kier molecular flexibility index (Phi) is 5.65. The van der Waals surface area contributed by atoms with Crippen LogP contribution < -0.4 is 0 Å². The second kappa shape index (κ2) is 7.49. The highest BCUT2D eigenvalue weighted by molar-refractivity contribution is 4.82. The Labute approximate surface area is 132 Å². The Balaban J connectivity index is 1.37. The molecule has 3 saturated carbocycles. The second-order valence-electron chi connectivity index (χ2n) is 8.57. The van der Waals surface area contributed by atoms with E-state index >= 15 is 0 Å². The van der Waals surface area contributed by atoms with Gasteiger partial charge in [-0.05, 0) is 87.9 Å². The van der Waals surface area contributed by atoms with Crippen LogP contribution in [0.1, 0.15) is 90.9 Å². The molecule has 3 aliphatic rings. The van der Waals surface area contributed by atoms with E-state index in [0.717, 1.165) is 23.7 Å². The lowest BCUT2D eigenvalue weighted by Crippen LogP contribution is -2.32. The van der Waals surface area contributed by atoms with Crippen LogP contribution in [0.5, 0.6) is 0 Å². The van der Waals surface area contributed by atoms with Crippen LogP contribution in [0.3, 0.4) is 0 Å². The normalized spacial score (nSPS) is 45.4. The van der Waals surface area contributed by atoms with Gasteiger partial charge in [0.15, 0.2) is 0 Å². The summed E-state index contributed by atoms with van der Waals surface area (Å²) in [5.41, 5.74) is 0. The molecule has 122 valence electrons. The van der Waals surface area contributed by atoms with Gasteiger partial charge in [-0.3, -0.25) is 0 Å². The molecule has 0 unspecified atom stereocenters. The van der Waals surface area contributed by atoms with Crippen molar-refractivity contribution in [3.8, 4) is 0 Å². The summed E-state index contributed by atoms with van der Waals surface area (Å²) in [5, 5.41) is 0. The molecule has 0 saturated heterocycles. The molecule has 0 heterocycles. The fraction of sp³-hybridized carbons (Fsp3) is 1.00.